The van der Waals surface area contributed by atoms with Gasteiger partial charge in [0.25, 0.3) is 0 Å². The number of hydrogen-bond donors (Lipinski definition) is 3. The van der Waals surface area contributed by atoms with E-state index in [4.69, 9.17) is 30.7 Å². The smallest absolute Gasteiger partial charge is 0.226 e. The van der Waals surface area contributed by atoms with Crippen molar-refractivity contribution in [2.75, 3.05) is 18.9 Å². The van der Waals surface area contributed by atoms with Gasteiger partial charge < -0.3 is 29.8 Å². The molecule has 226 valence electrons. The van der Waals surface area contributed by atoms with Crippen LogP contribution in [0.3, 0.4) is 0 Å². The van der Waals surface area contributed by atoms with Gasteiger partial charge in [-0.25, -0.2) is 0 Å². The molecule has 0 amide bonds. The first-order valence-electron chi connectivity index (χ1n) is 14.3. The zero-order valence-electron chi connectivity index (χ0n) is 25.7. The van der Waals surface area contributed by atoms with Crippen LogP contribution in [0, 0.1) is 11.3 Å². The van der Waals surface area contributed by atoms with E-state index in [0.29, 0.717) is 18.9 Å². The highest BCUT2D eigenvalue weighted by Gasteiger charge is 2.38. The maximum atomic E-state index is 8.18. The second-order valence-corrected chi connectivity index (χ2v) is 9.39. The first-order valence-corrected chi connectivity index (χ1v) is 14.3. The van der Waals surface area contributed by atoms with Crippen LogP contribution >= 0.6 is 0 Å². The average Bonchev–Trinajstić information content (AvgIpc) is 3.44. The number of hydrogen-bond acceptors (Lipinski definition) is 7. The Morgan fingerprint density at radius 1 is 0.810 bits per heavy atom. The molecular formula is C35H46N2O5. The molecule has 0 aliphatic heterocycles. The number of nitrogen functional groups attached to an aromatic ring is 1. The third-order valence-electron chi connectivity index (χ3n) is 5.68. The molecule has 0 radical (unpaired) electrons. The van der Waals surface area contributed by atoms with Crippen molar-refractivity contribution in [1.29, 1.82) is 5.26 Å². The molecule has 7 nitrogen and oxygen atoms in total. The van der Waals surface area contributed by atoms with Crippen molar-refractivity contribution in [1.82, 2.24) is 0 Å². The van der Waals surface area contributed by atoms with Crippen LogP contribution in [0.4, 0.5) is 5.69 Å². The Hall–Kier alpha value is -3.93. The largest absolute Gasteiger partial charge is 0.452 e. The zero-order chi connectivity index (χ0) is 31.4. The molecule has 0 unspecified atom stereocenters. The molecule has 0 fully saturated rings. The summed E-state index contributed by atoms with van der Waals surface area (Å²) in [5.74, 6) is -1.31. The van der Waals surface area contributed by atoms with Crippen molar-refractivity contribution < 1.29 is 24.1 Å². The van der Waals surface area contributed by atoms with Crippen LogP contribution in [-0.2, 0) is 15.1 Å². The molecular weight excluding hydrogens is 528 g/mol. The van der Waals surface area contributed by atoms with Crippen molar-refractivity contribution in [3.05, 3.63) is 126 Å². The van der Waals surface area contributed by atoms with Gasteiger partial charge in [-0.3, -0.25) is 0 Å². The molecule has 0 aliphatic rings. The van der Waals surface area contributed by atoms with Crippen LogP contribution in [0.2, 0.25) is 0 Å². The number of nitrogens with zero attached hydrogens (tertiary/aromatic N) is 1. The second-order valence-electron chi connectivity index (χ2n) is 9.39. The minimum absolute atomic E-state index is 0.0745. The van der Waals surface area contributed by atoms with Gasteiger partial charge >= 0.3 is 0 Å². The van der Waals surface area contributed by atoms with Crippen LogP contribution in [0.15, 0.2) is 108 Å². The third-order valence-corrected chi connectivity index (χ3v) is 5.68. The molecule has 1 heterocycles. The van der Waals surface area contributed by atoms with E-state index >= 15 is 0 Å². The molecule has 7 heteroatoms. The highest BCUT2D eigenvalue weighted by molar-refractivity contribution is 5.48. The Kier molecular flexibility index (Phi) is 16.5. The minimum atomic E-state index is -1.50. The van der Waals surface area contributed by atoms with Gasteiger partial charge in [-0.1, -0.05) is 112 Å². The van der Waals surface area contributed by atoms with E-state index in [2.05, 4.69) is 84.1 Å². The molecule has 0 spiro atoms. The number of rotatable bonds is 9. The Bertz CT molecular complexity index is 1160. The predicted molar refractivity (Wildman–Crippen MR) is 169 cm³/mol. The Morgan fingerprint density at radius 2 is 1.21 bits per heavy atom. The Morgan fingerprint density at radius 3 is 1.48 bits per heavy atom. The molecule has 4 aromatic rings. The summed E-state index contributed by atoms with van der Waals surface area (Å²) in [6.45, 7) is 12.0. The van der Waals surface area contributed by atoms with Crippen LogP contribution in [0.1, 0.15) is 70.4 Å². The highest BCUT2D eigenvalue weighted by Crippen LogP contribution is 2.40. The maximum absolute atomic E-state index is 8.18. The van der Waals surface area contributed by atoms with E-state index in [9.17, 15) is 0 Å². The Labute approximate surface area is 251 Å². The molecule has 0 saturated heterocycles. The quantitative estimate of drug-likeness (QED) is 0.142. The average molecular weight is 575 g/mol. The molecule has 42 heavy (non-hydrogen) atoms. The fraction of sp³-hybridized carbons (Fsp3) is 0.343. The molecule has 4 N–H and O–H groups in total. The number of nitrogens with two attached hydrogens (primary N) is 1. The number of aliphatic hydroxyl groups is 2. The normalized spacial score (nSPS) is 11.3. The lowest BCUT2D eigenvalue weighted by atomic mass is 9.80. The van der Waals surface area contributed by atoms with Crippen LogP contribution in [0.25, 0.3) is 0 Å². The van der Waals surface area contributed by atoms with Crippen molar-refractivity contribution in [2.45, 2.75) is 65.5 Å². The van der Waals surface area contributed by atoms with E-state index in [1.54, 1.807) is 12.1 Å². The van der Waals surface area contributed by atoms with E-state index in [1.165, 1.54) is 20.1 Å². The standard InChI is InChI=1S/C25H28O2.C5H4N2O.C3H8O2.C2H6/c1-3-24(26-4-2)20-27-25(21-14-8-5-9-15-21,22-16-10-6-11-17-22)23-18-12-7-13-19-23;6-3-5-4(7)1-2-8-5;1-3(2,4)5;1-2/h5-19,24H,3-4,20H2,1-2H3;1-2H,7H2;4-5H,1-2H3;1-2H3/t24-;;;/m0.../s1. The fourth-order valence-corrected chi connectivity index (χ4v) is 3.92. The summed E-state index contributed by atoms with van der Waals surface area (Å²) < 4.78 is 17.3. The van der Waals surface area contributed by atoms with Crippen LogP contribution < -0.4 is 5.73 Å². The molecule has 0 saturated carbocycles. The van der Waals surface area contributed by atoms with Gasteiger partial charge in [0.2, 0.25) is 5.76 Å². The molecule has 3 aromatic carbocycles. The summed E-state index contributed by atoms with van der Waals surface area (Å²) in [5, 5.41) is 24.3. The van der Waals surface area contributed by atoms with Crippen molar-refractivity contribution in [3.8, 4) is 6.07 Å². The van der Waals surface area contributed by atoms with E-state index < -0.39 is 11.4 Å². The number of ether oxygens (including phenoxy) is 2. The molecule has 0 aliphatic carbocycles. The van der Waals surface area contributed by atoms with Gasteiger partial charge in [-0.15, -0.1) is 0 Å². The summed E-state index contributed by atoms with van der Waals surface area (Å²) in [7, 11) is 0. The monoisotopic (exact) mass is 574 g/mol. The fourth-order valence-electron chi connectivity index (χ4n) is 3.92. The zero-order valence-corrected chi connectivity index (χ0v) is 25.7. The number of nitriles is 1. The van der Waals surface area contributed by atoms with Gasteiger partial charge in [0.1, 0.15) is 11.7 Å². The van der Waals surface area contributed by atoms with E-state index in [-0.39, 0.29) is 11.9 Å². The van der Waals surface area contributed by atoms with Crippen molar-refractivity contribution in [3.63, 3.8) is 0 Å². The lowest BCUT2D eigenvalue weighted by molar-refractivity contribution is -0.127. The van der Waals surface area contributed by atoms with Gasteiger partial charge in [-0.05, 0) is 43.9 Å². The van der Waals surface area contributed by atoms with Gasteiger partial charge in [-0.2, -0.15) is 5.26 Å². The summed E-state index contributed by atoms with van der Waals surface area (Å²) in [4.78, 5) is 0. The van der Waals surface area contributed by atoms with Gasteiger partial charge in [0.05, 0.1) is 24.7 Å². The summed E-state index contributed by atoms with van der Waals surface area (Å²) in [5.41, 5.74) is 8.32. The van der Waals surface area contributed by atoms with Gasteiger partial charge in [0.15, 0.2) is 5.79 Å². The van der Waals surface area contributed by atoms with Crippen molar-refractivity contribution >= 4 is 5.69 Å². The molecule has 0 bridgehead atoms. The maximum Gasteiger partial charge on any atom is 0.226 e. The number of furan rings is 1. The topological polar surface area (TPSA) is 122 Å². The van der Waals surface area contributed by atoms with E-state index in [1.807, 2.05) is 39.0 Å². The van der Waals surface area contributed by atoms with Crippen LogP contribution in [0.5, 0.6) is 0 Å². The predicted octanol–water partition coefficient (Wildman–Crippen LogP) is 7.28. The summed E-state index contributed by atoms with van der Waals surface area (Å²) in [6, 6.07) is 34.7. The lowest BCUT2D eigenvalue weighted by Gasteiger charge is -2.37. The number of anilines is 1. The Balaban J connectivity index is 0.000000483. The summed E-state index contributed by atoms with van der Waals surface area (Å²) in [6.07, 6.45) is 2.38. The third kappa shape index (κ3) is 11.9. The van der Waals surface area contributed by atoms with E-state index in [0.717, 1.165) is 23.1 Å². The molecule has 4 rings (SSSR count). The van der Waals surface area contributed by atoms with Crippen molar-refractivity contribution in [2.24, 2.45) is 0 Å². The minimum Gasteiger partial charge on any atom is -0.452 e. The number of benzene rings is 3. The van der Waals surface area contributed by atoms with Gasteiger partial charge in [0, 0.05) is 12.7 Å². The highest BCUT2D eigenvalue weighted by atomic mass is 16.5. The molecule has 1 aromatic heterocycles. The summed E-state index contributed by atoms with van der Waals surface area (Å²) >= 11 is 0. The van der Waals surface area contributed by atoms with Crippen LogP contribution in [-0.4, -0.2) is 35.3 Å². The molecule has 1 atom stereocenters. The first-order chi connectivity index (χ1) is 20.2. The lowest BCUT2D eigenvalue weighted by Crippen LogP contribution is -2.36. The second kappa shape index (κ2) is 19.2. The SMILES string of the molecule is CC.CC(C)(O)O.CCO[C@@H](CC)COC(c1ccccc1)(c1ccccc1)c1ccccc1.N#Cc1occc1N. The first kappa shape index (κ1) is 36.1.